The highest BCUT2D eigenvalue weighted by molar-refractivity contribution is 5.98. The Morgan fingerprint density at radius 1 is 1.00 bits per heavy atom. The number of aryl methyl sites for hydroxylation is 2. The van der Waals surface area contributed by atoms with E-state index in [1.807, 2.05) is 68.4 Å². The maximum atomic E-state index is 13.5. The van der Waals surface area contributed by atoms with Crippen molar-refractivity contribution in [3.05, 3.63) is 93.4 Å². The molecule has 2 aromatic carbocycles. The summed E-state index contributed by atoms with van der Waals surface area (Å²) in [6, 6.07) is 18.9. The molecule has 170 valence electrons. The third-order valence-electron chi connectivity index (χ3n) is 6.47. The third-order valence-corrected chi connectivity index (χ3v) is 6.47. The van der Waals surface area contributed by atoms with Gasteiger partial charge in [-0.3, -0.25) is 14.4 Å². The van der Waals surface area contributed by atoms with Gasteiger partial charge in [-0.2, -0.15) is 0 Å². The normalized spacial score (nSPS) is 16.2. The monoisotopic (exact) mass is 443 g/mol. The molecule has 0 radical (unpaired) electrons. The fourth-order valence-electron chi connectivity index (χ4n) is 4.44. The lowest BCUT2D eigenvalue weighted by Gasteiger charge is -2.40. The maximum Gasteiger partial charge on any atom is 0.261 e. The summed E-state index contributed by atoms with van der Waals surface area (Å²) in [6.07, 6.45) is 0.384. The number of benzene rings is 2. The van der Waals surface area contributed by atoms with Gasteiger partial charge < -0.3 is 14.8 Å². The molecule has 2 heterocycles. The van der Waals surface area contributed by atoms with Crippen LogP contribution in [0.5, 0.6) is 0 Å². The van der Waals surface area contributed by atoms with Gasteiger partial charge in [-0.05, 0) is 49.1 Å². The van der Waals surface area contributed by atoms with Gasteiger partial charge in [0.05, 0.1) is 0 Å². The molecule has 1 aromatic heterocycles. The molecule has 4 rings (SSSR count). The third kappa shape index (κ3) is 4.46. The summed E-state index contributed by atoms with van der Waals surface area (Å²) in [5, 5.41) is 0. The SMILES string of the molecule is CCN1CCN(C(=O)c2cc(C)c(C)[nH]c2=O)[C@@H](Cc2ccccc2-c2ccccc2)C1=O. The van der Waals surface area contributed by atoms with Crippen LogP contribution in [0.4, 0.5) is 0 Å². The maximum absolute atomic E-state index is 13.5. The highest BCUT2D eigenvalue weighted by atomic mass is 16.2. The fraction of sp³-hybridized carbons (Fsp3) is 0.296. The van der Waals surface area contributed by atoms with Crippen molar-refractivity contribution in [2.24, 2.45) is 0 Å². The number of hydrogen-bond acceptors (Lipinski definition) is 3. The number of piperazine rings is 1. The first-order valence-electron chi connectivity index (χ1n) is 11.3. The predicted molar refractivity (Wildman–Crippen MR) is 129 cm³/mol. The van der Waals surface area contributed by atoms with E-state index in [0.717, 1.165) is 27.9 Å². The van der Waals surface area contributed by atoms with E-state index >= 15 is 0 Å². The van der Waals surface area contributed by atoms with E-state index in [-0.39, 0.29) is 11.5 Å². The molecule has 1 N–H and O–H groups in total. The zero-order valence-corrected chi connectivity index (χ0v) is 19.3. The molecule has 0 unspecified atom stereocenters. The van der Waals surface area contributed by atoms with Crippen molar-refractivity contribution < 1.29 is 9.59 Å². The molecule has 1 aliphatic heterocycles. The van der Waals surface area contributed by atoms with Crippen LogP contribution in [0.3, 0.4) is 0 Å². The van der Waals surface area contributed by atoms with Crippen LogP contribution in [0.1, 0.15) is 34.1 Å². The largest absolute Gasteiger partial charge is 0.339 e. The van der Waals surface area contributed by atoms with Gasteiger partial charge in [-0.15, -0.1) is 0 Å². The van der Waals surface area contributed by atoms with Gasteiger partial charge in [0, 0.05) is 31.7 Å². The van der Waals surface area contributed by atoms with Crippen molar-refractivity contribution in [1.82, 2.24) is 14.8 Å². The quantitative estimate of drug-likeness (QED) is 0.655. The Morgan fingerprint density at radius 2 is 1.70 bits per heavy atom. The molecule has 33 heavy (non-hydrogen) atoms. The average Bonchev–Trinajstić information content (AvgIpc) is 2.83. The summed E-state index contributed by atoms with van der Waals surface area (Å²) in [6.45, 7) is 7.04. The van der Waals surface area contributed by atoms with Crippen LogP contribution >= 0.6 is 0 Å². The second-order valence-electron chi connectivity index (χ2n) is 8.48. The zero-order chi connectivity index (χ0) is 23.5. The Kier molecular flexibility index (Phi) is 6.45. The Hall–Kier alpha value is -3.67. The average molecular weight is 444 g/mol. The number of pyridine rings is 1. The first kappa shape index (κ1) is 22.5. The number of amides is 2. The molecular formula is C27H29N3O3. The number of carbonyl (C=O) groups is 2. The number of H-pyrrole nitrogens is 1. The van der Waals surface area contributed by atoms with Crippen molar-refractivity contribution in [3.8, 4) is 11.1 Å². The van der Waals surface area contributed by atoms with Crippen molar-refractivity contribution >= 4 is 11.8 Å². The van der Waals surface area contributed by atoms with Crippen LogP contribution in [0.25, 0.3) is 11.1 Å². The summed E-state index contributed by atoms with van der Waals surface area (Å²) in [4.78, 5) is 45.6. The van der Waals surface area contributed by atoms with Gasteiger partial charge in [0.25, 0.3) is 11.5 Å². The van der Waals surface area contributed by atoms with Gasteiger partial charge >= 0.3 is 0 Å². The van der Waals surface area contributed by atoms with Gasteiger partial charge in [0.1, 0.15) is 11.6 Å². The van der Waals surface area contributed by atoms with Crippen LogP contribution in [0.15, 0.2) is 65.5 Å². The van der Waals surface area contributed by atoms with Crippen molar-refractivity contribution in [1.29, 1.82) is 0 Å². The number of nitrogens with one attached hydrogen (secondary N) is 1. The highest BCUT2D eigenvalue weighted by Gasteiger charge is 2.38. The Labute approximate surface area is 193 Å². The lowest BCUT2D eigenvalue weighted by atomic mass is 9.93. The number of aromatic nitrogens is 1. The molecule has 1 saturated heterocycles. The minimum atomic E-state index is -0.669. The number of likely N-dealkylation sites (N-methyl/N-ethyl adjacent to an activating group) is 1. The second-order valence-corrected chi connectivity index (χ2v) is 8.48. The smallest absolute Gasteiger partial charge is 0.261 e. The van der Waals surface area contributed by atoms with E-state index in [9.17, 15) is 14.4 Å². The van der Waals surface area contributed by atoms with Gasteiger partial charge in [-0.1, -0.05) is 54.6 Å². The molecule has 0 bridgehead atoms. The molecule has 0 spiro atoms. The van der Waals surface area contributed by atoms with Crippen LogP contribution in [-0.4, -0.2) is 52.3 Å². The number of aromatic amines is 1. The van der Waals surface area contributed by atoms with Crippen LogP contribution in [0.2, 0.25) is 0 Å². The minimum Gasteiger partial charge on any atom is -0.339 e. The van der Waals surface area contributed by atoms with Crippen molar-refractivity contribution in [2.45, 2.75) is 33.2 Å². The summed E-state index contributed by atoms with van der Waals surface area (Å²) in [5.41, 5.74) is 4.32. The van der Waals surface area contributed by atoms with E-state index in [2.05, 4.69) is 4.98 Å². The number of hydrogen-bond donors (Lipinski definition) is 1. The molecular weight excluding hydrogens is 414 g/mol. The van der Waals surface area contributed by atoms with E-state index in [0.29, 0.717) is 26.1 Å². The number of nitrogens with zero attached hydrogens (tertiary/aromatic N) is 2. The lowest BCUT2D eigenvalue weighted by molar-refractivity contribution is -0.139. The summed E-state index contributed by atoms with van der Waals surface area (Å²) < 4.78 is 0. The summed E-state index contributed by atoms with van der Waals surface area (Å²) in [5.74, 6) is -0.481. The Morgan fingerprint density at radius 3 is 2.42 bits per heavy atom. The second kappa shape index (κ2) is 9.45. The first-order chi connectivity index (χ1) is 15.9. The summed E-state index contributed by atoms with van der Waals surface area (Å²) in [7, 11) is 0. The van der Waals surface area contributed by atoms with Crippen LogP contribution in [0, 0.1) is 13.8 Å². The first-order valence-corrected chi connectivity index (χ1v) is 11.3. The highest BCUT2D eigenvalue weighted by Crippen LogP contribution is 2.27. The lowest BCUT2D eigenvalue weighted by Crippen LogP contribution is -2.59. The molecule has 0 saturated carbocycles. The minimum absolute atomic E-state index is 0.0807. The van der Waals surface area contributed by atoms with E-state index in [1.54, 1.807) is 22.8 Å². The van der Waals surface area contributed by atoms with Gasteiger partial charge in [0.2, 0.25) is 5.91 Å². The van der Waals surface area contributed by atoms with Crippen molar-refractivity contribution in [3.63, 3.8) is 0 Å². The molecule has 1 atom stereocenters. The molecule has 2 amide bonds. The zero-order valence-electron chi connectivity index (χ0n) is 19.3. The molecule has 1 aliphatic rings. The Bertz CT molecular complexity index is 1230. The van der Waals surface area contributed by atoms with E-state index in [4.69, 9.17) is 0 Å². The van der Waals surface area contributed by atoms with E-state index in [1.165, 1.54) is 0 Å². The number of rotatable bonds is 5. The standard InChI is InChI=1S/C27H29N3O3/c1-4-29-14-15-30(26(32)23-16-18(2)19(3)28-25(23)31)24(27(29)33)17-21-12-8-9-13-22(21)20-10-6-5-7-11-20/h5-13,16,24H,4,14-15,17H2,1-3H3,(H,28,31)/t24-/m0/s1. The number of carbonyl (C=O) groups excluding carboxylic acids is 2. The van der Waals surface area contributed by atoms with Crippen molar-refractivity contribution in [2.75, 3.05) is 19.6 Å². The van der Waals surface area contributed by atoms with Gasteiger partial charge in [-0.25, -0.2) is 0 Å². The molecule has 1 fully saturated rings. The van der Waals surface area contributed by atoms with Gasteiger partial charge in [0.15, 0.2) is 0 Å². The molecule has 6 nitrogen and oxygen atoms in total. The topological polar surface area (TPSA) is 73.5 Å². The molecule has 6 heteroatoms. The fourth-order valence-corrected chi connectivity index (χ4v) is 4.44. The van der Waals surface area contributed by atoms with E-state index < -0.39 is 17.5 Å². The molecule has 3 aromatic rings. The molecule has 0 aliphatic carbocycles. The Balaban J connectivity index is 1.73. The predicted octanol–water partition coefficient (Wildman–Crippen LogP) is 3.57. The van der Waals surface area contributed by atoms with Crippen LogP contribution < -0.4 is 5.56 Å². The summed E-state index contributed by atoms with van der Waals surface area (Å²) >= 11 is 0. The van der Waals surface area contributed by atoms with Crippen LogP contribution in [-0.2, 0) is 11.2 Å².